The van der Waals surface area contributed by atoms with E-state index >= 15 is 0 Å². The van der Waals surface area contributed by atoms with Crippen LogP contribution in [0.15, 0.2) is 42.5 Å². The van der Waals surface area contributed by atoms with Crippen molar-refractivity contribution >= 4 is 23.4 Å². The second kappa shape index (κ2) is 7.79. The molecule has 2 aromatic rings. The Hall–Kier alpha value is -2.33. The van der Waals surface area contributed by atoms with Gasteiger partial charge in [0, 0.05) is 5.56 Å². The number of hydrogen-bond acceptors (Lipinski definition) is 4. The van der Waals surface area contributed by atoms with E-state index in [2.05, 4.69) is 0 Å². The van der Waals surface area contributed by atoms with E-state index in [4.69, 9.17) is 21.1 Å². The standard InChI is InChI=1S/C18H17ClO4/c1-3-22-18(21)16-15(10-9-14(12(2)20)17(16)19)23-11-13-7-5-4-6-8-13/h4-10H,3,11H2,1-2H3. The molecule has 0 radical (unpaired) electrons. The highest BCUT2D eigenvalue weighted by Crippen LogP contribution is 2.31. The minimum Gasteiger partial charge on any atom is -0.488 e. The van der Waals surface area contributed by atoms with Crippen LogP contribution in [0.4, 0.5) is 0 Å². The Balaban J connectivity index is 2.35. The van der Waals surface area contributed by atoms with Gasteiger partial charge in [-0.3, -0.25) is 4.79 Å². The highest BCUT2D eigenvalue weighted by Gasteiger charge is 2.22. The summed E-state index contributed by atoms with van der Waals surface area (Å²) in [6.07, 6.45) is 0. The summed E-state index contributed by atoms with van der Waals surface area (Å²) in [5, 5.41) is 0.0570. The molecule has 0 fully saturated rings. The molecule has 0 saturated heterocycles. The molecular weight excluding hydrogens is 316 g/mol. The van der Waals surface area contributed by atoms with Gasteiger partial charge in [-0.1, -0.05) is 41.9 Å². The zero-order chi connectivity index (χ0) is 16.8. The first-order valence-electron chi connectivity index (χ1n) is 7.21. The molecule has 0 saturated carbocycles. The average molecular weight is 333 g/mol. The monoisotopic (exact) mass is 332 g/mol. The zero-order valence-electron chi connectivity index (χ0n) is 13.0. The molecule has 0 amide bonds. The molecule has 0 unspecified atom stereocenters. The van der Waals surface area contributed by atoms with E-state index in [0.29, 0.717) is 5.75 Å². The maximum Gasteiger partial charge on any atom is 0.343 e. The summed E-state index contributed by atoms with van der Waals surface area (Å²) in [4.78, 5) is 23.8. The lowest BCUT2D eigenvalue weighted by atomic mass is 10.1. The lowest BCUT2D eigenvalue weighted by Gasteiger charge is -2.14. The quantitative estimate of drug-likeness (QED) is 0.584. The fourth-order valence-corrected chi connectivity index (χ4v) is 2.45. The predicted octanol–water partition coefficient (Wildman–Crippen LogP) is 4.30. The van der Waals surface area contributed by atoms with Gasteiger partial charge in [0.15, 0.2) is 5.78 Å². The van der Waals surface area contributed by atoms with Crippen LogP contribution in [0.3, 0.4) is 0 Å². The first-order valence-corrected chi connectivity index (χ1v) is 7.59. The highest BCUT2D eigenvalue weighted by molar-refractivity contribution is 6.37. The molecule has 4 nitrogen and oxygen atoms in total. The van der Waals surface area contributed by atoms with Crippen LogP contribution in [0, 0.1) is 0 Å². The molecule has 0 N–H and O–H groups in total. The van der Waals surface area contributed by atoms with E-state index in [1.54, 1.807) is 19.1 Å². The van der Waals surface area contributed by atoms with Crippen molar-refractivity contribution in [3.05, 3.63) is 64.2 Å². The van der Waals surface area contributed by atoms with E-state index in [0.717, 1.165) is 5.56 Å². The number of halogens is 1. The Morgan fingerprint density at radius 2 is 1.78 bits per heavy atom. The fraction of sp³-hybridized carbons (Fsp3) is 0.222. The van der Waals surface area contributed by atoms with Crippen molar-refractivity contribution in [3.63, 3.8) is 0 Å². The first-order chi connectivity index (χ1) is 11.0. The summed E-state index contributed by atoms with van der Waals surface area (Å²) in [6, 6.07) is 12.6. The van der Waals surface area contributed by atoms with Crippen molar-refractivity contribution in [2.75, 3.05) is 6.61 Å². The lowest BCUT2D eigenvalue weighted by Crippen LogP contribution is -2.11. The molecule has 0 aliphatic heterocycles. The van der Waals surface area contributed by atoms with Gasteiger partial charge in [0.1, 0.15) is 17.9 Å². The smallest absolute Gasteiger partial charge is 0.343 e. The summed E-state index contributed by atoms with van der Waals surface area (Å²) in [5.74, 6) is -0.541. The van der Waals surface area contributed by atoms with Crippen molar-refractivity contribution in [1.82, 2.24) is 0 Å². The van der Waals surface area contributed by atoms with Crippen LogP contribution in [-0.4, -0.2) is 18.4 Å². The predicted molar refractivity (Wildman–Crippen MR) is 88.2 cm³/mol. The number of benzene rings is 2. The van der Waals surface area contributed by atoms with Gasteiger partial charge in [0.25, 0.3) is 0 Å². The summed E-state index contributed by atoms with van der Waals surface area (Å²) in [5.41, 5.74) is 1.30. The number of rotatable bonds is 6. The molecule has 2 rings (SSSR count). The largest absolute Gasteiger partial charge is 0.488 e. The molecule has 5 heteroatoms. The second-order valence-corrected chi connectivity index (χ2v) is 5.23. The molecule has 2 aromatic carbocycles. The average Bonchev–Trinajstić information content (AvgIpc) is 2.53. The van der Waals surface area contributed by atoms with Gasteiger partial charge in [0.05, 0.1) is 11.6 Å². The minimum absolute atomic E-state index is 0.0570. The third-order valence-corrected chi connectivity index (χ3v) is 3.59. The van der Waals surface area contributed by atoms with Crippen molar-refractivity contribution in [1.29, 1.82) is 0 Å². The van der Waals surface area contributed by atoms with Crippen molar-refractivity contribution in [3.8, 4) is 5.75 Å². The van der Waals surface area contributed by atoms with Crippen molar-refractivity contribution in [2.45, 2.75) is 20.5 Å². The number of carbonyl (C=O) groups excluding carboxylic acids is 2. The molecule has 23 heavy (non-hydrogen) atoms. The van der Waals surface area contributed by atoms with E-state index in [-0.39, 0.29) is 35.1 Å². The topological polar surface area (TPSA) is 52.6 Å². The second-order valence-electron chi connectivity index (χ2n) is 4.85. The molecule has 0 aromatic heterocycles. The van der Waals surface area contributed by atoms with Crippen LogP contribution in [0.25, 0.3) is 0 Å². The van der Waals surface area contributed by atoms with Crippen LogP contribution in [0.1, 0.15) is 40.1 Å². The van der Waals surface area contributed by atoms with Gasteiger partial charge in [-0.2, -0.15) is 0 Å². The summed E-state index contributed by atoms with van der Waals surface area (Å²) >= 11 is 6.22. The number of carbonyl (C=O) groups is 2. The van der Waals surface area contributed by atoms with E-state index in [1.807, 2.05) is 30.3 Å². The summed E-state index contributed by atoms with van der Waals surface area (Å²) in [7, 11) is 0. The normalized spacial score (nSPS) is 10.2. The Bertz CT molecular complexity index is 710. The fourth-order valence-electron chi connectivity index (χ4n) is 2.08. The molecule has 0 spiro atoms. The summed E-state index contributed by atoms with van der Waals surface area (Å²) < 4.78 is 10.7. The molecule has 0 bridgehead atoms. The maximum atomic E-state index is 12.2. The van der Waals surface area contributed by atoms with Crippen molar-refractivity contribution in [2.24, 2.45) is 0 Å². The molecule has 0 heterocycles. The van der Waals surface area contributed by atoms with Crippen LogP contribution >= 0.6 is 11.6 Å². The van der Waals surface area contributed by atoms with E-state index in [1.165, 1.54) is 6.92 Å². The lowest BCUT2D eigenvalue weighted by molar-refractivity contribution is 0.0521. The van der Waals surface area contributed by atoms with Crippen LogP contribution in [-0.2, 0) is 11.3 Å². The van der Waals surface area contributed by atoms with Gasteiger partial charge < -0.3 is 9.47 Å². The van der Waals surface area contributed by atoms with Gasteiger partial charge in [-0.05, 0) is 31.5 Å². The van der Waals surface area contributed by atoms with E-state index in [9.17, 15) is 9.59 Å². The number of ether oxygens (including phenoxy) is 2. The van der Waals surface area contributed by atoms with Crippen LogP contribution < -0.4 is 4.74 Å². The molecule has 120 valence electrons. The third kappa shape index (κ3) is 4.11. The summed E-state index contributed by atoms with van der Waals surface area (Å²) in [6.45, 7) is 3.58. The SMILES string of the molecule is CCOC(=O)c1c(OCc2ccccc2)ccc(C(C)=O)c1Cl. The Morgan fingerprint density at radius 1 is 1.09 bits per heavy atom. The van der Waals surface area contributed by atoms with Gasteiger partial charge in [-0.25, -0.2) is 4.79 Å². The Morgan fingerprint density at radius 3 is 2.39 bits per heavy atom. The van der Waals surface area contributed by atoms with Gasteiger partial charge in [0.2, 0.25) is 0 Å². The van der Waals surface area contributed by atoms with Crippen LogP contribution in [0.5, 0.6) is 5.75 Å². The number of hydrogen-bond donors (Lipinski definition) is 0. The maximum absolute atomic E-state index is 12.2. The van der Waals surface area contributed by atoms with Crippen LogP contribution in [0.2, 0.25) is 5.02 Å². The Kier molecular flexibility index (Phi) is 5.77. The molecule has 0 aliphatic carbocycles. The van der Waals surface area contributed by atoms with Crippen molar-refractivity contribution < 1.29 is 19.1 Å². The molecule has 0 atom stereocenters. The Labute approximate surface area is 140 Å². The van der Waals surface area contributed by atoms with E-state index < -0.39 is 5.97 Å². The third-order valence-electron chi connectivity index (χ3n) is 3.20. The first kappa shape index (κ1) is 17.0. The number of esters is 1. The molecular formula is C18H17ClO4. The highest BCUT2D eigenvalue weighted by atomic mass is 35.5. The van der Waals surface area contributed by atoms with Gasteiger partial charge >= 0.3 is 5.97 Å². The molecule has 0 aliphatic rings. The number of Topliss-reactive ketones (excluding diaryl/α,β-unsaturated/α-hetero) is 1. The van der Waals surface area contributed by atoms with Gasteiger partial charge in [-0.15, -0.1) is 0 Å². The number of ketones is 1. The zero-order valence-corrected chi connectivity index (χ0v) is 13.7. The minimum atomic E-state index is -0.608.